The Bertz CT molecular complexity index is 839. The van der Waals surface area contributed by atoms with Gasteiger partial charge in [0.1, 0.15) is 5.82 Å². The molecular weight excluding hydrogens is 271 g/mol. The minimum absolute atomic E-state index is 0.224. The largest absolute Gasteiger partial charge is 0.343 e. The van der Waals surface area contributed by atoms with Crippen LogP contribution in [-0.2, 0) is 6.54 Å². The van der Waals surface area contributed by atoms with Gasteiger partial charge in [-0.3, -0.25) is 10.1 Å². The summed E-state index contributed by atoms with van der Waals surface area (Å²) in [4.78, 5) is 10.2. The summed E-state index contributed by atoms with van der Waals surface area (Å²) in [6, 6.07) is 11.6. The van der Waals surface area contributed by atoms with E-state index in [0.29, 0.717) is 12.1 Å². The van der Waals surface area contributed by atoms with E-state index in [2.05, 4.69) is 0 Å². The lowest BCUT2D eigenvalue weighted by Gasteiger charge is -2.07. The average Bonchev–Trinajstić information content (AvgIpc) is 2.83. The number of aromatic nitrogens is 1. The van der Waals surface area contributed by atoms with Crippen LogP contribution in [-0.4, -0.2) is 9.49 Å². The van der Waals surface area contributed by atoms with Gasteiger partial charge in [0.15, 0.2) is 0 Å². The zero-order chi connectivity index (χ0) is 15.0. The lowest BCUT2D eigenvalue weighted by molar-refractivity contribution is -0.385. The third kappa shape index (κ3) is 2.50. The summed E-state index contributed by atoms with van der Waals surface area (Å²) in [6.07, 6.45) is 1.91. The zero-order valence-electron chi connectivity index (χ0n) is 11.4. The van der Waals surface area contributed by atoms with E-state index < -0.39 is 10.7 Å². The molecule has 21 heavy (non-hydrogen) atoms. The van der Waals surface area contributed by atoms with E-state index in [1.54, 1.807) is 0 Å². The number of fused-ring (bicyclic) bond motifs is 1. The lowest BCUT2D eigenvalue weighted by atomic mass is 10.1. The van der Waals surface area contributed by atoms with Crippen LogP contribution in [0.25, 0.3) is 10.9 Å². The number of benzene rings is 2. The molecule has 0 radical (unpaired) electrons. The van der Waals surface area contributed by atoms with Crippen molar-refractivity contribution in [1.29, 1.82) is 0 Å². The summed E-state index contributed by atoms with van der Waals surface area (Å²) >= 11 is 0. The Morgan fingerprint density at radius 3 is 2.81 bits per heavy atom. The summed E-state index contributed by atoms with van der Waals surface area (Å²) in [5.74, 6) is -0.591. The van der Waals surface area contributed by atoms with E-state index in [-0.39, 0.29) is 5.69 Å². The smallest absolute Gasteiger partial charge is 0.272 e. The molecule has 2 aromatic carbocycles. The first-order chi connectivity index (χ1) is 10.0. The Kier molecular flexibility index (Phi) is 3.17. The predicted molar refractivity (Wildman–Crippen MR) is 78.8 cm³/mol. The summed E-state index contributed by atoms with van der Waals surface area (Å²) < 4.78 is 15.4. The van der Waals surface area contributed by atoms with Gasteiger partial charge in [-0.25, -0.2) is 4.39 Å². The Morgan fingerprint density at radius 2 is 2.05 bits per heavy atom. The number of nitro benzene ring substituents is 1. The number of nitrogens with zero attached hydrogens (tertiary/aromatic N) is 2. The number of hydrogen-bond acceptors (Lipinski definition) is 2. The van der Waals surface area contributed by atoms with Crippen LogP contribution in [0.1, 0.15) is 11.1 Å². The summed E-state index contributed by atoms with van der Waals surface area (Å²) in [5, 5.41) is 11.9. The van der Waals surface area contributed by atoms with Crippen molar-refractivity contribution in [3.63, 3.8) is 0 Å². The van der Waals surface area contributed by atoms with Crippen molar-refractivity contribution in [2.24, 2.45) is 0 Å². The fraction of sp³-hybridized carbons (Fsp3) is 0.125. The van der Waals surface area contributed by atoms with Gasteiger partial charge in [-0.15, -0.1) is 0 Å². The standard InChI is InChI=1S/C16H13FN2O2/c1-11-3-2-4-16-15(11)5-6-18(16)10-12-7-13(17)9-14(8-12)19(20)21/h2-9H,10H2,1H3. The van der Waals surface area contributed by atoms with Gasteiger partial charge >= 0.3 is 0 Å². The maximum Gasteiger partial charge on any atom is 0.272 e. The van der Waals surface area contributed by atoms with Crippen LogP contribution in [0.2, 0.25) is 0 Å². The summed E-state index contributed by atoms with van der Waals surface area (Å²) in [5.41, 5.74) is 2.54. The average molecular weight is 284 g/mol. The highest BCUT2D eigenvalue weighted by atomic mass is 19.1. The van der Waals surface area contributed by atoms with Gasteiger partial charge in [0.2, 0.25) is 0 Å². The molecule has 5 heteroatoms. The highest BCUT2D eigenvalue weighted by Gasteiger charge is 2.11. The predicted octanol–water partition coefficient (Wildman–Crippen LogP) is 4.05. The minimum Gasteiger partial charge on any atom is -0.343 e. The highest BCUT2D eigenvalue weighted by Crippen LogP contribution is 2.22. The summed E-state index contributed by atoms with van der Waals surface area (Å²) in [6.45, 7) is 2.42. The molecule has 0 aliphatic rings. The molecule has 0 bridgehead atoms. The maximum atomic E-state index is 13.5. The molecule has 0 saturated heterocycles. The van der Waals surface area contributed by atoms with Gasteiger partial charge in [-0.05, 0) is 36.2 Å². The number of rotatable bonds is 3. The lowest BCUT2D eigenvalue weighted by Crippen LogP contribution is -2.00. The molecule has 0 fully saturated rings. The monoisotopic (exact) mass is 284 g/mol. The second-order valence-electron chi connectivity index (χ2n) is 5.03. The Hall–Kier alpha value is -2.69. The van der Waals surface area contributed by atoms with Gasteiger partial charge in [0, 0.05) is 29.7 Å². The van der Waals surface area contributed by atoms with Crippen LogP contribution in [0, 0.1) is 22.9 Å². The van der Waals surface area contributed by atoms with E-state index >= 15 is 0 Å². The molecule has 4 nitrogen and oxygen atoms in total. The topological polar surface area (TPSA) is 48.1 Å². The van der Waals surface area contributed by atoms with E-state index in [4.69, 9.17) is 0 Å². The number of nitro groups is 1. The maximum absolute atomic E-state index is 13.5. The molecule has 3 aromatic rings. The van der Waals surface area contributed by atoms with E-state index in [1.807, 2.05) is 42.0 Å². The second kappa shape index (κ2) is 5.01. The normalized spacial score (nSPS) is 11.0. The summed E-state index contributed by atoms with van der Waals surface area (Å²) in [7, 11) is 0. The number of halogens is 1. The molecule has 0 spiro atoms. The Morgan fingerprint density at radius 1 is 1.24 bits per heavy atom. The van der Waals surface area contributed by atoms with E-state index in [9.17, 15) is 14.5 Å². The van der Waals surface area contributed by atoms with Crippen molar-refractivity contribution in [1.82, 2.24) is 4.57 Å². The molecule has 0 aliphatic carbocycles. The van der Waals surface area contributed by atoms with Crippen molar-refractivity contribution in [2.45, 2.75) is 13.5 Å². The first kappa shape index (κ1) is 13.3. The number of hydrogen-bond donors (Lipinski definition) is 0. The number of aryl methyl sites for hydroxylation is 1. The molecule has 0 saturated carbocycles. The zero-order valence-corrected chi connectivity index (χ0v) is 11.4. The molecule has 0 atom stereocenters. The van der Waals surface area contributed by atoms with Crippen LogP contribution in [0.5, 0.6) is 0 Å². The van der Waals surface area contributed by atoms with Crippen molar-refractivity contribution in [2.75, 3.05) is 0 Å². The molecule has 0 unspecified atom stereocenters. The van der Waals surface area contributed by atoms with Gasteiger partial charge in [-0.2, -0.15) is 0 Å². The van der Waals surface area contributed by atoms with E-state index in [0.717, 1.165) is 22.5 Å². The van der Waals surface area contributed by atoms with Crippen LogP contribution in [0.15, 0.2) is 48.7 Å². The fourth-order valence-electron chi connectivity index (χ4n) is 2.54. The molecular formula is C16H13FN2O2. The Balaban J connectivity index is 2.03. The third-order valence-electron chi connectivity index (χ3n) is 3.54. The van der Waals surface area contributed by atoms with Gasteiger partial charge in [0.25, 0.3) is 5.69 Å². The quantitative estimate of drug-likeness (QED) is 0.538. The van der Waals surface area contributed by atoms with E-state index in [1.165, 1.54) is 12.1 Å². The van der Waals surface area contributed by atoms with Crippen molar-refractivity contribution in [3.8, 4) is 0 Å². The third-order valence-corrected chi connectivity index (χ3v) is 3.54. The highest BCUT2D eigenvalue weighted by molar-refractivity contribution is 5.83. The van der Waals surface area contributed by atoms with Crippen LogP contribution >= 0.6 is 0 Å². The fourth-order valence-corrected chi connectivity index (χ4v) is 2.54. The SMILES string of the molecule is Cc1cccc2c1ccn2Cc1cc(F)cc([N+](=O)[O-])c1. The second-order valence-corrected chi connectivity index (χ2v) is 5.03. The minimum atomic E-state index is -0.591. The molecule has 1 aromatic heterocycles. The van der Waals surface area contributed by atoms with Crippen LogP contribution in [0.3, 0.4) is 0 Å². The number of non-ortho nitro benzene ring substituents is 1. The Labute approximate surface area is 120 Å². The molecule has 0 amide bonds. The van der Waals surface area contributed by atoms with Crippen molar-refractivity contribution < 1.29 is 9.31 Å². The van der Waals surface area contributed by atoms with Crippen molar-refractivity contribution in [3.05, 3.63) is 75.7 Å². The first-order valence-corrected chi connectivity index (χ1v) is 6.53. The van der Waals surface area contributed by atoms with Gasteiger partial charge in [0.05, 0.1) is 11.0 Å². The molecule has 3 rings (SSSR count). The van der Waals surface area contributed by atoms with Crippen molar-refractivity contribution >= 4 is 16.6 Å². The molecule has 106 valence electrons. The molecule has 0 N–H and O–H groups in total. The molecule has 1 heterocycles. The van der Waals surface area contributed by atoms with Crippen LogP contribution in [0.4, 0.5) is 10.1 Å². The van der Waals surface area contributed by atoms with Crippen LogP contribution < -0.4 is 0 Å². The van der Waals surface area contributed by atoms with Gasteiger partial charge < -0.3 is 4.57 Å². The van der Waals surface area contributed by atoms with Gasteiger partial charge in [-0.1, -0.05) is 12.1 Å². The molecule has 0 aliphatic heterocycles. The first-order valence-electron chi connectivity index (χ1n) is 6.53.